The number of fused-ring (bicyclic) bond motifs is 1. The third-order valence-electron chi connectivity index (χ3n) is 1.97. The highest BCUT2D eigenvalue weighted by molar-refractivity contribution is 5.68. The number of hydrogen-bond donors (Lipinski definition) is 1. The van der Waals surface area contributed by atoms with Crippen LogP contribution in [0.15, 0.2) is 29.0 Å². The first-order valence-electron chi connectivity index (χ1n) is 3.60. The molecule has 0 saturated carbocycles. The first kappa shape index (κ1) is 7.02. The van der Waals surface area contributed by atoms with E-state index in [-0.39, 0.29) is 22.6 Å². The predicted octanol–water partition coefficient (Wildman–Crippen LogP) is 0.291. The van der Waals surface area contributed by atoms with Crippen molar-refractivity contribution < 1.29 is 4.92 Å². The molecule has 0 aromatic rings. The van der Waals surface area contributed by atoms with Crippen molar-refractivity contribution in [3.8, 4) is 0 Å². The Hall–Kier alpha value is -1.65. The SMILES string of the molecule is O=[N+]([O-])C1=CC=CC2C=NNC12. The lowest BCUT2D eigenvalue weighted by Gasteiger charge is -2.14. The fraction of sp³-hybridized carbons (Fsp3) is 0.286. The lowest BCUT2D eigenvalue weighted by Crippen LogP contribution is -2.33. The molecule has 0 spiro atoms. The van der Waals surface area contributed by atoms with Gasteiger partial charge in [-0.15, -0.1) is 0 Å². The second kappa shape index (κ2) is 2.44. The van der Waals surface area contributed by atoms with Gasteiger partial charge in [0.1, 0.15) is 6.04 Å². The van der Waals surface area contributed by atoms with Gasteiger partial charge in [-0.3, -0.25) is 15.5 Å². The molecule has 1 aliphatic heterocycles. The normalized spacial score (nSPS) is 30.8. The van der Waals surface area contributed by atoms with Crippen molar-refractivity contribution in [3.05, 3.63) is 34.0 Å². The third-order valence-corrected chi connectivity index (χ3v) is 1.97. The first-order valence-corrected chi connectivity index (χ1v) is 3.60. The zero-order chi connectivity index (χ0) is 8.55. The van der Waals surface area contributed by atoms with Crippen molar-refractivity contribution in [1.82, 2.24) is 5.43 Å². The molecule has 0 radical (unpaired) electrons. The molecule has 1 aliphatic carbocycles. The second-order valence-corrected chi connectivity index (χ2v) is 2.70. The van der Waals surface area contributed by atoms with Gasteiger partial charge in [0.25, 0.3) is 5.70 Å². The Balaban J connectivity index is 2.30. The van der Waals surface area contributed by atoms with Gasteiger partial charge in [-0.2, -0.15) is 5.10 Å². The largest absolute Gasteiger partial charge is 0.295 e. The van der Waals surface area contributed by atoms with E-state index in [9.17, 15) is 10.1 Å². The van der Waals surface area contributed by atoms with Crippen molar-refractivity contribution in [2.45, 2.75) is 6.04 Å². The quantitative estimate of drug-likeness (QED) is 0.448. The summed E-state index contributed by atoms with van der Waals surface area (Å²) in [6.45, 7) is 0. The van der Waals surface area contributed by atoms with Crippen LogP contribution in [0.5, 0.6) is 0 Å². The number of rotatable bonds is 1. The van der Waals surface area contributed by atoms with Gasteiger partial charge >= 0.3 is 0 Å². The van der Waals surface area contributed by atoms with Crippen molar-refractivity contribution >= 4 is 6.21 Å². The number of nitrogens with one attached hydrogen (secondary N) is 1. The molecular formula is C7H7N3O2. The van der Waals surface area contributed by atoms with Gasteiger partial charge in [0.2, 0.25) is 0 Å². The summed E-state index contributed by atoms with van der Waals surface area (Å²) in [5, 5.41) is 14.3. The molecule has 1 heterocycles. The van der Waals surface area contributed by atoms with Gasteiger partial charge in [0, 0.05) is 18.2 Å². The standard InChI is InChI=1S/C7H7N3O2/c11-10(12)6-3-1-2-5-4-8-9-7(5)6/h1-5,7,9H. The summed E-state index contributed by atoms with van der Waals surface area (Å²) in [7, 11) is 0. The molecule has 12 heavy (non-hydrogen) atoms. The van der Waals surface area contributed by atoms with E-state index in [1.165, 1.54) is 6.08 Å². The van der Waals surface area contributed by atoms with Crippen LogP contribution in [0.1, 0.15) is 0 Å². The van der Waals surface area contributed by atoms with E-state index in [0.717, 1.165) is 0 Å². The van der Waals surface area contributed by atoms with E-state index in [1.54, 1.807) is 12.3 Å². The maximum atomic E-state index is 10.5. The maximum absolute atomic E-state index is 10.5. The molecule has 0 fully saturated rings. The van der Waals surface area contributed by atoms with Gasteiger partial charge in [0.15, 0.2) is 0 Å². The van der Waals surface area contributed by atoms with Crippen LogP contribution < -0.4 is 5.43 Å². The summed E-state index contributed by atoms with van der Waals surface area (Å²) in [4.78, 5) is 10.1. The van der Waals surface area contributed by atoms with E-state index >= 15 is 0 Å². The van der Waals surface area contributed by atoms with Crippen LogP contribution in [0.2, 0.25) is 0 Å². The number of hydrogen-bond acceptors (Lipinski definition) is 4. The molecule has 1 N–H and O–H groups in total. The predicted molar refractivity (Wildman–Crippen MR) is 43.1 cm³/mol. The highest BCUT2D eigenvalue weighted by atomic mass is 16.6. The van der Waals surface area contributed by atoms with Crippen molar-refractivity contribution in [2.24, 2.45) is 11.0 Å². The van der Waals surface area contributed by atoms with Gasteiger partial charge in [0.05, 0.1) is 4.92 Å². The highest BCUT2D eigenvalue weighted by Gasteiger charge is 2.34. The number of nitrogens with zero attached hydrogens (tertiary/aromatic N) is 2. The lowest BCUT2D eigenvalue weighted by molar-refractivity contribution is -0.431. The van der Waals surface area contributed by atoms with Crippen molar-refractivity contribution in [2.75, 3.05) is 0 Å². The zero-order valence-corrected chi connectivity index (χ0v) is 6.18. The topological polar surface area (TPSA) is 67.5 Å². The minimum atomic E-state index is -0.372. The Morgan fingerprint density at radius 3 is 3.25 bits per heavy atom. The van der Waals surface area contributed by atoms with Crippen LogP contribution in [0.4, 0.5) is 0 Å². The summed E-state index contributed by atoms with van der Waals surface area (Å²) in [6, 6.07) is -0.273. The molecule has 0 bridgehead atoms. The van der Waals surface area contributed by atoms with E-state index < -0.39 is 0 Å². The van der Waals surface area contributed by atoms with E-state index in [2.05, 4.69) is 10.5 Å². The molecule has 0 saturated heterocycles. The van der Waals surface area contributed by atoms with Crippen LogP contribution in [-0.4, -0.2) is 17.2 Å². The average Bonchev–Trinajstić information content (AvgIpc) is 2.49. The highest BCUT2D eigenvalue weighted by Crippen LogP contribution is 2.21. The molecule has 2 unspecified atom stereocenters. The summed E-state index contributed by atoms with van der Waals surface area (Å²) >= 11 is 0. The molecule has 0 aromatic carbocycles. The van der Waals surface area contributed by atoms with Gasteiger partial charge in [-0.1, -0.05) is 12.2 Å². The Morgan fingerprint density at radius 2 is 2.50 bits per heavy atom. The molecule has 0 aromatic heterocycles. The molecule has 2 atom stereocenters. The maximum Gasteiger partial charge on any atom is 0.270 e. The summed E-state index contributed by atoms with van der Waals surface area (Å²) in [6.07, 6.45) is 6.76. The smallest absolute Gasteiger partial charge is 0.270 e. The minimum absolute atomic E-state index is 0.0374. The van der Waals surface area contributed by atoms with Crippen LogP contribution in [0.25, 0.3) is 0 Å². The van der Waals surface area contributed by atoms with Crippen LogP contribution >= 0.6 is 0 Å². The Morgan fingerprint density at radius 1 is 1.67 bits per heavy atom. The molecule has 62 valence electrons. The first-order chi connectivity index (χ1) is 5.79. The fourth-order valence-electron chi connectivity index (χ4n) is 1.37. The summed E-state index contributed by atoms with van der Waals surface area (Å²) in [5.41, 5.74) is 2.88. The Kier molecular flexibility index (Phi) is 1.43. The number of hydrazone groups is 1. The van der Waals surface area contributed by atoms with Crippen LogP contribution in [0, 0.1) is 16.0 Å². The second-order valence-electron chi connectivity index (χ2n) is 2.70. The lowest BCUT2D eigenvalue weighted by atomic mass is 9.95. The Labute approximate surface area is 68.6 Å². The molecule has 5 heteroatoms. The number of allylic oxidation sites excluding steroid dienone is 2. The fourth-order valence-corrected chi connectivity index (χ4v) is 1.37. The summed E-state index contributed by atoms with van der Waals surface area (Å²) < 4.78 is 0. The van der Waals surface area contributed by atoms with Crippen molar-refractivity contribution in [3.63, 3.8) is 0 Å². The van der Waals surface area contributed by atoms with Gasteiger partial charge < -0.3 is 0 Å². The van der Waals surface area contributed by atoms with Crippen LogP contribution in [-0.2, 0) is 0 Å². The third kappa shape index (κ3) is 0.903. The van der Waals surface area contributed by atoms with Gasteiger partial charge in [-0.25, -0.2) is 0 Å². The van der Waals surface area contributed by atoms with Gasteiger partial charge in [-0.05, 0) is 0 Å². The Bertz CT molecular complexity index is 306. The molecule has 2 rings (SSSR count). The van der Waals surface area contributed by atoms with E-state index in [0.29, 0.717) is 0 Å². The molecule has 5 nitrogen and oxygen atoms in total. The minimum Gasteiger partial charge on any atom is -0.295 e. The average molecular weight is 165 g/mol. The zero-order valence-electron chi connectivity index (χ0n) is 6.18. The van der Waals surface area contributed by atoms with E-state index in [1.807, 2.05) is 6.08 Å². The summed E-state index contributed by atoms with van der Waals surface area (Å²) in [5.74, 6) is 0.0374. The van der Waals surface area contributed by atoms with Crippen LogP contribution in [0.3, 0.4) is 0 Å². The van der Waals surface area contributed by atoms with E-state index in [4.69, 9.17) is 0 Å². The molecular weight excluding hydrogens is 158 g/mol. The monoisotopic (exact) mass is 165 g/mol. The number of nitro groups is 1. The molecule has 2 aliphatic rings. The molecule has 0 amide bonds. The van der Waals surface area contributed by atoms with Crippen molar-refractivity contribution in [1.29, 1.82) is 0 Å².